The summed E-state index contributed by atoms with van der Waals surface area (Å²) in [6, 6.07) is 3.31. The quantitative estimate of drug-likeness (QED) is 0.595. The van der Waals surface area contributed by atoms with Crippen LogP contribution in [0.4, 0.5) is 5.69 Å². The molecule has 1 rings (SSSR count). The zero-order valence-corrected chi connectivity index (χ0v) is 10.0. The van der Waals surface area contributed by atoms with Crippen molar-refractivity contribution in [1.82, 2.24) is 5.32 Å². The van der Waals surface area contributed by atoms with Crippen LogP contribution in [0.1, 0.15) is 17.3 Å². The molecule has 7 heteroatoms. The van der Waals surface area contributed by atoms with E-state index in [-0.39, 0.29) is 23.6 Å². The van der Waals surface area contributed by atoms with Crippen molar-refractivity contribution in [3.05, 3.63) is 33.9 Å². The van der Waals surface area contributed by atoms with Gasteiger partial charge in [0, 0.05) is 18.2 Å². The summed E-state index contributed by atoms with van der Waals surface area (Å²) >= 11 is 0. The number of hydrogen-bond acceptors (Lipinski definition) is 5. The molecule has 0 aliphatic heterocycles. The molecule has 7 nitrogen and oxygen atoms in total. The van der Waals surface area contributed by atoms with Gasteiger partial charge < -0.3 is 15.2 Å². The number of benzene rings is 1. The molecule has 0 aliphatic carbocycles. The molecule has 0 fully saturated rings. The van der Waals surface area contributed by atoms with Gasteiger partial charge in [0.2, 0.25) is 0 Å². The van der Waals surface area contributed by atoms with Gasteiger partial charge in [0.1, 0.15) is 5.75 Å². The fourth-order valence-corrected chi connectivity index (χ4v) is 1.33. The molecule has 98 valence electrons. The standard InChI is InChI=1S/C11H14N2O5/c1-7(6-14)12-11(15)9-5-8(13(16)17)3-4-10(9)18-2/h3-5,7,14H,6H2,1-2H3,(H,12,15). The highest BCUT2D eigenvalue weighted by Gasteiger charge is 2.18. The average molecular weight is 254 g/mol. The van der Waals surface area contributed by atoms with Crippen LogP contribution in [0.3, 0.4) is 0 Å². The zero-order chi connectivity index (χ0) is 13.7. The summed E-state index contributed by atoms with van der Waals surface area (Å²) in [6.45, 7) is 1.39. The van der Waals surface area contributed by atoms with Crippen molar-refractivity contribution in [2.45, 2.75) is 13.0 Å². The van der Waals surface area contributed by atoms with Crippen molar-refractivity contribution in [3.8, 4) is 5.75 Å². The molecule has 0 heterocycles. The number of nitrogens with one attached hydrogen (secondary N) is 1. The Hall–Kier alpha value is -2.15. The predicted octanol–water partition coefficient (Wildman–Crippen LogP) is 0.714. The molecule has 0 aliphatic rings. The molecule has 1 aromatic carbocycles. The third-order valence-electron chi connectivity index (χ3n) is 2.29. The molecule has 1 unspecified atom stereocenters. The Balaban J connectivity index is 3.07. The summed E-state index contributed by atoms with van der Waals surface area (Å²) < 4.78 is 4.97. The van der Waals surface area contributed by atoms with E-state index in [1.54, 1.807) is 6.92 Å². The second kappa shape index (κ2) is 5.97. The molecule has 1 atom stereocenters. The normalized spacial score (nSPS) is 11.7. The number of non-ortho nitro benzene ring substituents is 1. The van der Waals surface area contributed by atoms with Gasteiger partial charge in [0.25, 0.3) is 11.6 Å². The van der Waals surface area contributed by atoms with Crippen LogP contribution in [0.25, 0.3) is 0 Å². The van der Waals surface area contributed by atoms with E-state index in [0.29, 0.717) is 0 Å². The van der Waals surface area contributed by atoms with Crippen LogP contribution in [0.2, 0.25) is 0 Å². The van der Waals surface area contributed by atoms with Gasteiger partial charge in [-0.2, -0.15) is 0 Å². The number of methoxy groups -OCH3 is 1. The molecule has 0 saturated carbocycles. The third kappa shape index (κ3) is 3.17. The smallest absolute Gasteiger partial charge is 0.270 e. The van der Waals surface area contributed by atoms with E-state index in [9.17, 15) is 14.9 Å². The maximum atomic E-state index is 11.8. The van der Waals surface area contributed by atoms with Crippen LogP contribution in [0, 0.1) is 10.1 Å². The molecule has 1 aromatic rings. The first kappa shape index (κ1) is 13.9. The van der Waals surface area contributed by atoms with Gasteiger partial charge >= 0.3 is 0 Å². The topological polar surface area (TPSA) is 102 Å². The van der Waals surface area contributed by atoms with Crippen molar-refractivity contribution in [1.29, 1.82) is 0 Å². The summed E-state index contributed by atoms with van der Waals surface area (Å²) in [7, 11) is 1.37. The minimum absolute atomic E-state index is 0.0620. The first-order valence-corrected chi connectivity index (χ1v) is 5.23. The number of aliphatic hydroxyl groups is 1. The molecular weight excluding hydrogens is 240 g/mol. The van der Waals surface area contributed by atoms with Gasteiger partial charge in [-0.15, -0.1) is 0 Å². The highest BCUT2D eigenvalue weighted by atomic mass is 16.6. The number of nitro benzene ring substituents is 1. The molecule has 2 N–H and O–H groups in total. The Kier molecular flexibility index (Phi) is 4.61. The van der Waals surface area contributed by atoms with E-state index in [4.69, 9.17) is 9.84 Å². The number of nitrogens with zero attached hydrogens (tertiary/aromatic N) is 1. The summed E-state index contributed by atoms with van der Waals surface area (Å²) in [6.07, 6.45) is 0. The second-order valence-corrected chi connectivity index (χ2v) is 3.70. The lowest BCUT2D eigenvalue weighted by Gasteiger charge is -2.12. The second-order valence-electron chi connectivity index (χ2n) is 3.70. The Bertz CT molecular complexity index is 461. The van der Waals surface area contributed by atoms with Crippen LogP contribution in [-0.2, 0) is 0 Å². The van der Waals surface area contributed by atoms with Crippen molar-refractivity contribution in [2.75, 3.05) is 13.7 Å². The van der Waals surface area contributed by atoms with E-state index in [0.717, 1.165) is 6.07 Å². The number of carbonyl (C=O) groups is 1. The molecule has 18 heavy (non-hydrogen) atoms. The van der Waals surface area contributed by atoms with Gasteiger partial charge in [-0.05, 0) is 13.0 Å². The minimum atomic E-state index is -0.592. The average Bonchev–Trinajstić information content (AvgIpc) is 2.37. The number of nitro groups is 1. The zero-order valence-electron chi connectivity index (χ0n) is 10.0. The Morgan fingerprint density at radius 2 is 2.28 bits per heavy atom. The highest BCUT2D eigenvalue weighted by Crippen LogP contribution is 2.23. The van der Waals surface area contributed by atoms with Crippen molar-refractivity contribution >= 4 is 11.6 Å². The van der Waals surface area contributed by atoms with Gasteiger partial charge in [-0.1, -0.05) is 0 Å². The van der Waals surface area contributed by atoms with E-state index in [2.05, 4.69) is 5.32 Å². The summed E-state index contributed by atoms with van der Waals surface area (Å²) in [5.41, 5.74) is -0.135. The van der Waals surface area contributed by atoms with E-state index in [1.165, 1.54) is 19.2 Å². The molecule has 0 aromatic heterocycles. The number of rotatable bonds is 5. The van der Waals surface area contributed by atoms with Crippen molar-refractivity contribution in [2.24, 2.45) is 0 Å². The first-order valence-electron chi connectivity index (χ1n) is 5.23. The lowest BCUT2D eigenvalue weighted by atomic mass is 10.1. The maximum Gasteiger partial charge on any atom is 0.270 e. The molecule has 0 spiro atoms. The van der Waals surface area contributed by atoms with Gasteiger partial charge in [0.05, 0.1) is 24.2 Å². The van der Waals surface area contributed by atoms with E-state index >= 15 is 0 Å². The Morgan fingerprint density at radius 1 is 1.61 bits per heavy atom. The number of amides is 1. The molecule has 0 radical (unpaired) electrons. The Labute approximate surface area is 104 Å². The van der Waals surface area contributed by atoms with Crippen molar-refractivity contribution < 1.29 is 19.6 Å². The lowest BCUT2D eigenvalue weighted by molar-refractivity contribution is -0.384. The number of ether oxygens (including phenoxy) is 1. The van der Waals surface area contributed by atoms with Crippen LogP contribution in [-0.4, -0.2) is 35.7 Å². The van der Waals surface area contributed by atoms with Gasteiger partial charge in [0.15, 0.2) is 0 Å². The van der Waals surface area contributed by atoms with Crippen LogP contribution >= 0.6 is 0 Å². The first-order chi connectivity index (χ1) is 8.49. The minimum Gasteiger partial charge on any atom is -0.496 e. The van der Waals surface area contributed by atoms with Crippen LogP contribution in [0.15, 0.2) is 18.2 Å². The molecule has 1 amide bonds. The SMILES string of the molecule is COc1ccc([N+](=O)[O-])cc1C(=O)NC(C)CO. The fraction of sp³-hybridized carbons (Fsp3) is 0.364. The van der Waals surface area contributed by atoms with E-state index < -0.39 is 16.9 Å². The maximum absolute atomic E-state index is 11.8. The fourth-order valence-electron chi connectivity index (χ4n) is 1.33. The number of hydrogen-bond donors (Lipinski definition) is 2. The summed E-state index contributed by atoms with van der Waals surface area (Å²) in [5, 5.41) is 22.0. The third-order valence-corrected chi connectivity index (χ3v) is 2.29. The predicted molar refractivity (Wildman–Crippen MR) is 63.7 cm³/mol. The number of aliphatic hydroxyl groups excluding tert-OH is 1. The summed E-state index contributed by atoms with van der Waals surface area (Å²) in [5.74, 6) is -0.291. The number of carbonyl (C=O) groups excluding carboxylic acids is 1. The van der Waals surface area contributed by atoms with Gasteiger partial charge in [-0.25, -0.2) is 0 Å². The van der Waals surface area contributed by atoms with Crippen LogP contribution in [0.5, 0.6) is 5.75 Å². The molecular formula is C11H14N2O5. The van der Waals surface area contributed by atoms with E-state index in [1.807, 2.05) is 0 Å². The summed E-state index contributed by atoms with van der Waals surface area (Å²) in [4.78, 5) is 21.9. The van der Waals surface area contributed by atoms with Gasteiger partial charge in [-0.3, -0.25) is 14.9 Å². The largest absolute Gasteiger partial charge is 0.496 e. The monoisotopic (exact) mass is 254 g/mol. The lowest BCUT2D eigenvalue weighted by Crippen LogP contribution is -2.35. The Morgan fingerprint density at radius 3 is 2.78 bits per heavy atom. The van der Waals surface area contributed by atoms with Crippen molar-refractivity contribution in [3.63, 3.8) is 0 Å². The molecule has 0 bridgehead atoms. The molecule has 0 saturated heterocycles. The highest BCUT2D eigenvalue weighted by molar-refractivity contribution is 5.97. The van der Waals surface area contributed by atoms with Crippen LogP contribution < -0.4 is 10.1 Å².